The van der Waals surface area contributed by atoms with Crippen LogP contribution in [0.25, 0.3) is 0 Å². The summed E-state index contributed by atoms with van der Waals surface area (Å²) < 4.78 is 0. The van der Waals surface area contributed by atoms with Crippen LogP contribution in [0.4, 0.5) is 0 Å². The molecule has 0 atom stereocenters. The van der Waals surface area contributed by atoms with E-state index in [0.29, 0.717) is 0 Å². The van der Waals surface area contributed by atoms with Gasteiger partial charge in [-0.15, -0.1) is 0 Å². The minimum absolute atomic E-state index is 0.0811. The van der Waals surface area contributed by atoms with E-state index in [1.165, 1.54) is 32.1 Å². The molecule has 102 valence electrons. The summed E-state index contributed by atoms with van der Waals surface area (Å²) in [5.74, 6) is 3.64. The molecule has 4 aliphatic rings. The Balaban J connectivity index is 1.80. The molecule has 0 radical (unpaired) electrons. The molecule has 0 aromatic carbocycles. The molecule has 0 aliphatic heterocycles. The minimum Gasteiger partial charge on any atom is -0.350 e. The Bertz CT molecular complexity index is 338. The van der Waals surface area contributed by atoms with Crippen molar-refractivity contribution in [3.63, 3.8) is 0 Å². The maximum absolute atomic E-state index is 12.4. The molecular formula is C16H27NO. The molecule has 2 heteroatoms. The SMILES string of the molecule is CC(C)(C)C(=O)NC1(C)C2CC3CC(C2)CC1C3. The van der Waals surface area contributed by atoms with Gasteiger partial charge in [0.25, 0.3) is 0 Å². The summed E-state index contributed by atoms with van der Waals surface area (Å²) in [6, 6.07) is 0. The fraction of sp³-hybridized carbons (Fsp3) is 0.938. The lowest BCUT2D eigenvalue weighted by atomic mass is 9.49. The van der Waals surface area contributed by atoms with E-state index >= 15 is 0 Å². The second-order valence-corrected chi connectivity index (χ2v) is 8.29. The van der Waals surface area contributed by atoms with Crippen molar-refractivity contribution in [3.8, 4) is 0 Å². The lowest BCUT2D eigenvalue weighted by Gasteiger charge is -2.60. The maximum atomic E-state index is 12.4. The van der Waals surface area contributed by atoms with E-state index in [1.54, 1.807) is 0 Å². The van der Waals surface area contributed by atoms with Crippen molar-refractivity contribution >= 4 is 5.91 Å². The van der Waals surface area contributed by atoms with Gasteiger partial charge in [-0.25, -0.2) is 0 Å². The molecule has 0 heterocycles. The second-order valence-electron chi connectivity index (χ2n) is 8.29. The first-order chi connectivity index (χ1) is 8.29. The van der Waals surface area contributed by atoms with Crippen LogP contribution >= 0.6 is 0 Å². The van der Waals surface area contributed by atoms with E-state index < -0.39 is 0 Å². The van der Waals surface area contributed by atoms with E-state index in [0.717, 1.165) is 23.7 Å². The van der Waals surface area contributed by atoms with Crippen LogP contribution in [-0.2, 0) is 4.79 Å². The quantitative estimate of drug-likeness (QED) is 0.758. The zero-order valence-electron chi connectivity index (χ0n) is 12.3. The van der Waals surface area contributed by atoms with Gasteiger partial charge in [0.15, 0.2) is 0 Å². The fourth-order valence-corrected chi connectivity index (χ4v) is 4.80. The van der Waals surface area contributed by atoms with E-state index in [-0.39, 0.29) is 16.9 Å². The van der Waals surface area contributed by atoms with Gasteiger partial charge in [-0.05, 0) is 62.7 Å². The van der Waals surface area contributed by atoms with E-state index in [1.807, 2.05) is 20.8 Å². The Morgan fingerprint density at radius 3 is 1.83 bits per heavy atom. The summed E-state index contributed by atoms with van der Waals surface area (Å²) in [5, 5.41) is 3.44. The second kappa shape index (κ2) is 3.74. The number of nitrogens with one attached hydrogen (secondary N) is 1. The lowest BCUT2D eigenvalue weighted by molar-refractivity contribution is -0.137. The Kier molecular flexibility index (Phi) is 2.60. The molecule has 4 aliphatic carbocycles. The van der Waals surface area contributed by atoms with E-state index in [9.17, 15) is 4.79 Å². The lowest BCUT2D eigenvalue weighted by Crippen LogP contribution is -2.65. The third-order valence-electron chi connectivity index (χ3n) is 5.90. The zero-order chi connectivity index (χ0) is 13.1. The first-order valence-corrected chi connectivity index (χ1v) is 7.61. The fourth-order valence-electron chi connectivity index (χ4n) is 4.80. The predicted octanol–water partition coefficient (Wildman–Crippen LogP) is 3.36. The standard InChI is InChI=1S/C16H27NO/c1-15(2,3)14(18)17-16(4)12-6-10-5-11(8-12)9-13(16)7-10/h10-13H,5-9H2,1-4H3,(H,17,18). The normalized spacial score (nSPS) is 46.2. The third-order valence-corrected chi connectivity index (χ3v) is 5.90. The van der Waals surface area contributed by atoms with Crippen LogP contribution in [0.3, 0.4) is 0 Å². The van der Waals surface area contributed by atoms with Crippen LogP contribution in [0, 0.1) is 29.1 Å². The molecule has 4 fully saturated rings. The van der Waals surface area contributed by atoms with Crippen LogP contribution in [0.1, 0.15) is 59.8 Å². The average molecular weight is 249 g/mol. The largest absolute Gasteiger partial charge is 0.350 e. The van der Waals surface area contributed by atoms with Gasteiger partial charge in [-0.3, -0.25) is 4.79 Å². The summed E-state index contributed by atoms with van der Waals surface area (Å²) in [5.41, 5.74) is -0.185. The highest BCUT2D eigenvalue weighted by Gasteiger charge is 2.55. The Labute approximate surface area is 111 Å². The van der Waals surface area contributed by atoms with Gasteiger partial charge in [0.05, 0.1) is 0 Å². The molecule has 1 N–H and O–H groups in total. The number of carbonyl (C=O) groups excluding carboxylic acids is 1. The van der Waals surface area contributed by atoms with Crippen molar-refractivity contribution < 1.29 is 4.79 Å². The summed E-state index contributed by atoms with van der Waals surface area (Å²) in [7, 11) is 0. The topological polar surface area (TPSA) is 29.1 Å². The van der Waals surface area contributed by atoms with E-state index in [2.05, 4.69) is 12.2 Å². The first-order valence-electron chi connectivity index (χ1n) is 7.61. The van der Waals surface area contributed by atoms with Crippen molar-refractivity contribution in [1.82, 2.24) is 5.32 Å². The van der Waals surface area contributed by atoms with Gasteiger partial charge >= 0.3 is 0 Å². The van der Waals surface area contributed by atoms with Gasteiger partial charge in [0.1, 0.15) is 0 Å². The summed E-state index contributed by atoms with van der Waals surface area (Å²) >= 11 is 0. The molecule has 0 unspecified atom stereocenters. The first kappa shape index (κ1) is 12.5. The molecule has 0 spiro atoms. The number of hydrogen-bond donors (Lipinski definition) is 1. The van der Waals surface area contributed by atoms with Crippen LogP contribution < -0.4 is 5.32 Å². The number of amides is 1. The molecule has 2 nitrogen and oxygen atoms in total. The van der Waals surface area contributed by atoms with Crippen molar-refractivity contribution in [3.05, 3.63) is 0 Å². The van der Waals surface area contributed by atoms with Gasteiger partial charge in [-0.2, -0.15) is 0 Å². The number of rotatable bonds is 1. The molecule has 18 heavy (non-hydrogen) atoms. The van der Waals surface area contributed by atoms with Crippen LogP contribution in [-0.4, -0.2) is 11.4 Å². The van der Waals surface area contributed by atoms with Crippen molar-refractivity contribution in [1.29, 1.82) is 0 Å². The van der Waals surface area contributed by atoms with Crippen LogP contribution in [0.2, 0.25) is 0 Å². The highest BCUT2D eigenvalue weighted by molar-refractivity contribution is 5.82. The molecule has 4 bridgehead atoms. The Hall–Kier alpha value is -0.530. The molecule has 0 aromatic rings. The maximum Gasteiger partial charge on any atom is 0.225 e. The zero-order valence-corrected chi connectivity index (χ0v) is 12.3. The van der Waals surface area contributed by atoms with E-state index in [4.69, 9.17) is 0 Å². The predicted molar refractivity (Wildman–Crippen MR) is 73.0 cm³/mol. The molecular weight excluding hydrogens is 222 g/mol. The minimum atomic E-state index is -0.266. The average Bonchev–Trinajstić information content (AvgIpc) is 2.23. The molecule has 4 saturated carbocycles. The summed E-state index contributed by atoms with van der Waals surface area (Å²) in [6.07, 6.45) is 6.89. The highest BCUT2D eigenvalue weighted by atomic mass is 16.2. The van der Waals surface area contributed by atoms with Crippen LogP contribution in [0.5, 0.6) is 0 Å². The van der Waals surface area contributed by atoms with Gasteiger partial charge < -0.3 is 5.32 Å². The third kappa shape index (κ3) is 1.80. The van der Waals surface area contributed by atoms with Gasteiger partial charge in [-0.1, -0.05) is 20.8 Å². The Morgan fingerprint density at radius 2 is 1.44 bits per heavy atom. The Morgan fingerprint density at radius 1 is 1.00 bits per heavy atom. The smallest absolute Gasteiger partial charge is 0.225 e. The monoisotopic (exact) mass is 249 g/mol. The van der Waals surface area contributed by atoms with Crippen molar-refractivity contribution in [2.75, 3.05) is 0 Å². The number of hydrogen-bond acceptors (Lipinski definition) is 1. The molecule has 0 aromatic heterocycles. The molecule has 1 amide bonds. The van der Waals surface area contributed by atoms with Gasteiger partial charge in [0.2, 0.25) is 5.91 Å². The highest BCUT2D eigenvalue weighted by Crippen LogP contribution is 2.58. The summed E-state index contributed by atoms with van der Waals surface area (Å²) in [4.78, 5) is 12.4. The van der Waals surface area contributed by atoms with Gasteiger partial charge in [0, 0.05) is 11.0 Å². The number of carbonyl (C=O) groups is 1. The van der Waals surface area contributed by atoms with Crippen molar-refractivity contribution in [2.24, 2.45) is 29.1 Å². The van der Waals surface area contributed by atoms with Crippen molar-refractivity contribution in [2.45, 2.75) is 65.3 Å². The van der Waals surface area contributed by atoms with Crippen LogP contribution in [0.15, 0.2) is 0 Å². The summed E-state index contributed by atoms with van der Waals surface area (Å²) in [6.45, 7) is 8.37. The molecule has 4 rings (SSSR count). The molecule has 0 saturated heterocycles.